The third kappa shape index (κ3) is 10.5. The van der Waals surface area contributed by atoms with Crippen molar-refractivity contribution in [2.75, 3.05) is 18.1 Å². The van der Waals surface area contributed by atoms with Gasteiger partial charge in [-0.15, -0.1) is 0 Å². The van der Waals surface area contributed by atoms with Crippen molar-refractivity contribution < 1.29 is 44.6 Å². The normalized spacial score (nSPS) is 17.0. The van der Waals surface area contributed by atoms with Crippen molar-refractivity contribution >= 4 is 30.3 Å². The van der Waals surface area contributed by atoms with Gasteiger partial charge in [0.2, 0.25) is 5.91 Å². The highest BCUT2D eigenvalue weighted by molar-refractivity contribution is 7.80. The van der Waals surface area contributed by atoms with Gasteiger partial charge in [-0.25, -0.2) is 13.0 Å². The van der Waals surface area contributed by atoms with Gasteiger partial charge in [-0.05, 0) is 90.6 Å². The molecule has 0 aromatic heterocycles. The Morgan fingerprint density at radius 2 is 1.51 bits per heavy atom. The molecule has 0 spiro atoms. The zero-order valence-electron chi connectivity index (χ0n) is 30.6. The van der Waals surface area contributed by atoms with Crippen molar-refractivity contribution in [3.8, 4) is 11.5 Å². The molecule has 0 saturated carbocycles. The molecule has 3 unspecified atom stereocenters. The van der Waals surface area contributed by atoms with Crippen LogP contribution in [-0.4, -0.2) is 40.4 Å². The first-order valence-electron chi connectivity index (χ1n) is 17.6. The van der Waals surface area contributed by atoms with Crippen LogP contribution in [0, 0.1) is 17.6 Å². The van der Waals surface area contributed by atoms with Crippen molar-refractivity contribution in [3.63, 3.8) is 0 Å². The third-order valence-corrected chi connectivity index (χ3v) is 14.8. The molecule has 1 saturated heterocycles. The summed E-state index contributed by atoms with van der Waals surface area (Å²) >= 11 is 0. The standard InChI is InChI=1S/C40H47F2NO8SSi/c1-40(2,3)53(4,5)51-36(29-12-14-30(41)15-13-29)23-22-35-38(43(39(35)44)32-18-16-31(42)17-19-32)34-21-20-33(48-24-9-25-50-52(45,46)47)26-37(34)49-27-28-10-7-6-8-11-28/h6-8,10-21,26,35-36,38H,9,22-25,27H2,1-5H3,(H,45,46,47). The summed E-state index contributed by atoms with van der Waals surface area (Å²) in [7, 11) is -6.85. The number of anilines is 1. The van der Waals surface area contributed by atoms with Gasteiger partial charge in [0.1, 0.15) is 29.7 Å². The highest BCUT2D eigenvalue weighted by Gasteiger charge is 2.50. The van der Waals surface area contributed by atoms with Crippen molar-refractivity contribution in [3.05, 3.63) is 125 Å². The Kier molecular flexibility index (Phi) is 12.8. The van der Waals surface area contributed by atoms with Gasteiger partial charge in [0.05, 0.1) is 31.3 Å². The lowest BCUT2D eigenvalue weighted by atomic mass is 9.78. The summed E-state index contributed by atoms with van der Waals surface area (Å²) in [5, 5.41) is -0.0855. The first-order valence-corrected chi connectivity index (χ1v) is 21.9. The molecule has 5 rings (SSSR count). The topological polar surface area (TPSA) is 112 Å². The zero-order valence-corrected chi connectivity index (χ0v) is 32.4. The largest absolute Gasteiger partial charge is 0.493 e. The summed E-state index contributed by atoms with van der Waals surface area (Å²) in [6.45, 7) is 10.9. The second-order valence-corrected chi connectivity index (χ2v) is 20.5. The second-order valence-electron chi connectivity index (χ2n) is 14.7. The van der Waals surface area contributed by atoms with E-state index in [1.54, 1.807) is 41.3 Å². The summed E-state index contributed by atoms with van der Waals surface area (Å²) < 4.78 is 82.3. The molecular weight excluding hydrogens is 721 g/mol. The quantitative estimate of drug-likeness (QED) is 0.0490. The van der Waals surface area contributed by atoms with Crippen molar-refractivity contribution in [2.45, 2.75) is 76.9 Å². The first kappa shape index (κ1) is 40.1. The van der Waals surface area contributed by atoms with Crippen LogP contribution < -0.4 is 14.4 Å². The van der Waals surface area contributed by atoms with Crippen LogP contribution in [0.4, 0.5) is 14.5 Å². The molecule has 4 aromatic carbocycles. The molecule has 1 N–H and O–H groups in total. The smallest absolute Gasteiger partial charge is 0.397 e. The van der Waals surface area contributed by atoms with E-state index in [0.29, 0.717) is 30.0 Å². The number of hydrogen-bond acceptors (Lipinski definition) is 7. The molecule has 1 fully saturated rings. The van der Waals surface area contributed by atoms with E-state index >= 15 is 0 Å². The Labute approximate surface area is 311 Å². The molecule has 1 amide bonds. The van der Waals surface area contributed by atoms with E-state index in [4.69, 9.17) is 18.5 Å². The van der Waals surface area contributed by atoms with E-state index in [9.17, 15) is 22.0 Å². The lowest BCUT2D eigenvalue weighted by molar-refractivity contribution is -0.131. The summed E-state index contributed by atoms with van der Waals surface area (Å²) in [4.78, 5) is 15.8. The molecule has 53 heavy (non-hydrogen) atoms. The number of carbonyl (C=O) groups is 1. The Morgan fingerprint density at radius 3 is 2.13 bits per heavy atom. The van der Waals surface area contributed by atoms with Gasteiger partial charge in [-0.1, -0.05) is 63.2 Å². The second kappa shape index (κ2) is 16.9. The summed E-state index contributed by atoms with van der Waals surface area (Å²) in [5.41, 5.74) is 3.03. The molecule has 3 atom stereocenters. The molecule has 1 aliphatic heterocycles. The molecule has 284 valence electrons. The fourth-order valence-electron chi connectivity index (χ4n) is 6.03. The molecule has 1 aliphatic rings. The zero-order chi connectivity index (χ0) is 38.4. The predicted molar refractivity (Wildman–Crippen MR) is 202 cm³/mol. The maximum atomic E-state index is 14.1. The maximum Gasteiger partial charge on any atom is 0.397 e. The number of hydrogen-bond donors (Lipinski definition) is 1. The molecule has 9 nitrogen and oxygen atoms in total. The van der Waals surface area contributed by atoms with Crippen LogP contribution in [0.2, 0.25) is 18.1 Å². The molecule has 0 radical (unpaired) electrons. The number of nitrogens with zero attached hydrogens (tertiary/aromatic N) is 1. The van der Waals surface area contributed by atoms with Gasteiger partial charge in [-0.3, -0.25) is 9.35 Å². The van der Waals surface area contributed by atoms with Gasteiger partial charge >= 0.3 is 10.4 Å². The number of halogens is 2. The van der Waals surface area contributed by atoms with E-state index in [-0.39, 0.29) is 49.1 Å². The summed E-state index contributed by atoms with van der Waals surface area (Å²) in [5.74, 6) is -0.462. The van der Waals surface area contributed by atoms with Crippen LogP contribution in [0.15, 0.2) is 97.1 Å². The number of rotatable bonds is 17. The molecule has 1 heterocycles. The Hall–Kier alpha value is -4.14. The fourth-order valence-corrected chi connectivity index (χ4v) is 7.68. The third-order valence-electron chi connectivity index (χ3n) is 9.87. The molecular formula is C40H47F2NO8SSi. The Bertz CT molecular complexity index is 1940. The number of amides is 1. The van der Waals surface area contributed by atoms with Crippen molar-refractivity contribution in [2.24, 2.45) is 5.92 Å². The van der Waals surface area contributed by atoms with E-state index in [1.165, 1.54) is 24.3 Å². The average Bonchev–Trinajstić information content (AvgIpc) is 3.10. The van der Waals surface area contributed by atoms with Gasteiger partial charge in [0.15, 0.2) is 8.32 Å². The summed E-state index contributed by atoms with van der Waals surface area (Å²) in [6, 6.07) is 26.6. The lowest BCUT2D eigenvalue weighted by Crippen LogP contribution is -2.55. The molecule has 0 bridgehead atoms. The monoisotopic (exact) mass is 767 g/mol. The maximum absolute atomic E-state index is 14.1. The number of benzene rings is 4. The minimum Gasteiger partial charge on any atom is -0.493 e. The predicted octanol–water partition coefficient (Wildman–Crippen LogP) is 9.38. The van der Waals surface area contributed by atoms with E-state index in [1.807, 2.05) is 36.4 Å². The number of β-lactam (4-membered cyclic amide) rings is 1. The minimum atomic E-state index is -4.55. The number of ether oxygens (including phenoxy) is 2. The van der Waals surface area contributed by atoms with Gasteiger partial charge in [-0.2, -0.15) is 8.42 Å². The van der Waals surface area contributed by atoms with Crippen LogP contribution in [0.3, 0.4) is 0 Å². The van der Waals surface area contributed by atoms with Crippen LogP contribution in [0.25, 0.3) is 0 Å². The average molecular weight is 768 g/mol. The van der Waals surface area contributed by atoms with Gasteiger partial charge in [0, 0.05) is 23.7 Å². The van der Waals surface area contributed by atoms with E-state index < -0.39 is 36.5 Å². The minimum absolute atomic E-state index is 0.0855. The van der Waals surface area contributed by atoms with Gasteiger partial charge < -0.3 is 18.8 Å². The molecule has 4 aromatic rings. The van der Waals surface area contributed by atoms with Gasteiger partial charge in [0.25, 0.3) is 0 Å². The highest BCUT2D eigenvalue weighted by atomic mass is 32.3. The lowest BCUT2D eigenvalue weighted by Gasteiger charge is -2.48. The van der Waals surface area contributed by atoms with Crippen LogP contribution >= 0.6 is 0 Å². The van der Waals surface area contributed by atoms with E-state index in [0.717, 1.165) is 16.7 Å². The Morgan fingerprint density at radius 1 is 0.868 bits per heavy atom. The SMILES string of the molecule is CC(C)(C)[Si](C)(C)OC(CCC1C(=O)N(c2ccc(F)cc2)C1c1ccc(OCCCOS(=O)(=O)O)cc1OCc1ccccc1)c1ccc(F)cc1. The van der Waals surface area contributed by atoms with Crippen LogP contribution in [-0.2, 0) is 30.4 Å². The Balaban J connectivity index is 1.47. The first-order chi connectivity index (χ1) is 25.0. The van der Waals surface area contributed by atoms with E-state index in [2.05, 4.69) is 38.0 Å². The number of carbonyl (C=O) groups excluding carboxylic acids is 1. The van der Waals surface area contributed by atoms with Crippen LogP contribution in [0.5, 0.6) is 11.5 Å². The van der Waals surface area contributed by atoms with Crippen LogP contribution in [0.1, 0.15) is 68.9 Å². The fraction of sp³-hybridized carbons (Fsp3) is 0.375. The van der Waals surface area contributed by atoms with Crippen molar-refractivity contribution in [1.82, 2.24) is 0 Å². The molecule has 13 heteroatoms. The molecule has 0 aliphatic carbocycles. The van der Waals surface area contributed by atoms with Crippen molar-refractivity contribution in [1.29, 1.82) is 0 Å². The summed E-state index contributed by atoms with van der Waals surface area (Å²) in [6.07, 6.45) is 0.752. The highest BCUT2D eigenvalue weighted by Crippen LogP contribution is 2.50.